The lowest BCUT2D eigenvalue weighted by atomic mass is 9.92. The maximum atomic E-state index is 13.9. The van der Waals surface area contributed by atoms with Gasteiger partial charge in [0.25, 0.3) is 0 Å². The SMILES string of the molecule is CCC1Cc2c(F)cc(C(=O)OC)cc2CN1. The van der Waals surface area contributed by atoms with Gasteiger partial charge in [0.2, 0.25) is 0 Å². The van der Waals surface area contributed by atoms with E-state index in [0.29, 0.717) is 19.0 Å². The fraction of sp³-hybridized carbons (Fsp3) is 0.462. The van der Waals surface area contributed by atoms with E-state index in [0.717, 1.165) is 17.5 Å². The van der Waals surface area contributed by atoms with Gasteiger partial charge >= 0.3 is 5.97 Å². The molecule has 92 valence electrons. The second-order valence-electron chi connectivity index (χ2n) is 4.28. The molecule has 1 aliphatic rings. The van der Waals surface area contributed by atoms with E-state index in [1.165, 1.54) is 13.2 Å². The predicted octanol–water partition coefficient (Wildman–Crippen LogP) is 2.04. The average molecular weight is 237 g/mol. The summed E-state index contributed by atoms with van der Waals surface area (Å²) in [6, 6.07) is 3.30. The number of ether oxygens (including phenoxy) is 1. The van der Waals surface area contributed by atoms with Gasteiger partial charge in [0.1, 0.15) is 5.82 Å². The van der Waals surface area contributed by atoms with E-state index >= 15 is 0 Å². The summed E-state index contributed by atoms with van der Waals surface area (Å²) in [5, 5.41) is 3.32. The monoisotopic (exact) mass is 237 g/mol. The van der Waals surface area contributed by atoms with Crippen molar-refractivity contribution in [1.82, 2.24) is 5.32 Å². The lowest BCUT2D eigenvalue weighted by Gasteiger charge is -2.25. The zero-order valence-corrected chi connectivity index (χ0v) is 10.0. The number of nitrogens with one attached hydrogen (secondary N) is 1. The first-order valence-corrected chi connectivity index (χ1v) is 5.78. The summed E-state index contributed by atoms with van der Waals surface area (Å²) in [5.74, 6) is -0.799. The summed E-state index contributed by atoms with van der Waals surface area (Å²) in [6.45, 7) is 2.68. The standard InChI is InChI=1S/C13H16FNO2/c1-3-10-6-11-9(7-15-10)4-8(5-12(11)14)13(16)17-2/h4-5,10,15H,3,6-7H2,1-2H3. The molecule has 2 rings (SSSR count). The van der Waals surface area contributed by atoms with Crippen molar-refractivity contribution in [3.8, 4) is 0 Å². The van der Waals surface area contributed by atoms with E-state index in [1.54, 1.807) is 6.07 Å². The Labute approximate surface area is 100.0 Å². The molecule has 1 atom stereocenters. The molecule has 0 saturated heterocycles. The first-order valence-electron chi connectivity index (χ1n) is 5.78. The van der Waals surface area contributed by atoms with Crippen LogP contribution < -0.4 is 5.32 Å². The van der Waals surface area contributed by atoms with E-state index < -0.39 is 5.97 Å². The van der Waals surface area contributed by atoms with Gasteiger partial charge < -0.3 is 10.1 Å². The molecule has 1 N–H and O–H groups in total. The third kappa shape index (κ3) is 2.31. The molecule has 1 heterocycles. The van der Waals surface area contributed by atoms with Crippen LogP contribution in [-0.4, -0.2) is 19.1 Å². The largest absolute Gasteiger partial charge is 0.465 e. The number of hydrogen-bond donors (Lipinski definition) is 1. The Kier molecular flexibility index (Phi) is 3.43. The molecule has 0 aromatic heterocycles. The van der Waals surface area contributed by atoms with Gasteiger partial charge in [-0.3, -0.25) is 0 Å². The quantitative estimate of drug-likeness (QED) is 0.800. The summed E-state index contributed by atoms with van der Waals surface area (Å²) in [7, 11) is 1.30. The van der Waals surface area contributed by atoms with E-state index in [-0.39, 0.29) is 11.4 Å². The molecule has 1 aliphatic heterocycles. The highest BCUT2D eigenvalue weighted by molar-refractivity contribution is 5.89. The molecule has 0 amide bonds. The lowest BCUT2D eigenvalue weighted by Crippen LogP contribution is -2.35. The van der Waals surface area contributed by atoms with Gasteiger partial charge in [-0.1, -0.05) is 6.92 Å². The van der Waals surface area contributed by atoms with Gasteiger partial charge in [0.05, 0.1) is 12.7 Å². The van der Waals surface area contributed by atoms with Crippen LogP contribution >= 0.6 is 0 Å². The number of benzene rings is 1. The van der Waals surface area contributed by atoms with E-state index in [2.05, 4.69) is 17.0 Å². The molecule has 0 bridgehead atoms. The molecule has 0 saturated carbocycles. The Balaban J connectivity index is 2.36. The molecule has 0 radical (unpaired) electrons. The molecular formula is C13H16FNO2. The third-order valence-electron chi connectivity index (χ3n) is 3.23. The second-order valence-corrected chi connectivity index (χ2v) is 4.28. The highest BCUT2D eigenvalue weighted by Gasteiger charge is 2.22. The molecule has 0 fully saturated rings. The van der Waals surface area contributed by atoms with Crippen molar-refractivity contribution in [3.63, 3.8) is 0 Å². The lowest BCUT2D eigenvalue weighted by molar-refractivity contribution is 0.0600. The predicted molar refractivity (Wildman–Crippen MR) is 62.4 cm³/mol. The van der Waals surface area contributed by atoms with Crippen LogP contribution in [0.3, 0.4) is 0 Å². The smallest absolute Gasteiger partial charge is 0.337 e. The molecular weight excluding hydrogens is 221 g/mol. The minimum Gasteiger partial charge on any atom is -0.465 e. The topological polar surface area (TPSA) is 38.3 Å². The Morgan fingerprint density at radius 2 is 2.35 bits per heavy atom. The van der Waals surface area contributed by atoms with Crippen molar-refractivity contribution in [1.29, 1.82) is 0 Å². The van der Waals surface area contributed by atoms with Crippen LogP contribution in [0.5, 0.6) is 0 Å². The van der Waals surface area contributed by atoms with E-state index in [1.807, 2.05) is 0 Å². The molecule has 17 heavy (non-hydrogen) atoms. The summed E-state index contributed by atoms with van der Waals surface area (Å²) in [6.07, 6.45) is 1.65. The maximum Gasteiger partial charge on any atom is 0.337 e. The fourth-order valence-electron chi connectivity index (χ4n) is 2.18. The zero-order chi connectivity index (χ0) is 12.4. The van der Waals surface area contributed by atoms with Gasteiger partial charge in [0.15, 0.2) is 0 Å². The third-order valence-corrected chi connectivity index (χ3v) is 3.23. The molecule has 0 spiro atoms. The van der Waals surface area contributed by atoms with Gasteiger partial charge in [0, 0.05) is 12.6 Å². The minimum atomic E-state index is -0.496. The van der Waals surface area contributed by atoms with Crippen molar-refractivity contribution >= 4 is 5.97 Å². The first-order chi connectivity index (χ1) is 8.15. The molecule has 1 unspecified atom stereocenters. The zero-order valence-electron chi connectivity index (χ0n) is 10.0. The van der Waals surface area contributed by atoms with Crippen LogP contribution in [0.15, 0.2) is 12.1 Å². The van der Waals surface area contributed by atoms with Crippen LogP contribution in [0.25, 0.3) is 0 Å². The Hall–Kier alpha value is -1.42. The maximum absolute atomic E-state index is 13.9. The molecule has 1 aromatic rings. The van der Waals surface area contributed by atoms with Crippen LogP contribution in [0.2, 0.25) is 0 Å². The van der Waals surface area contributed by atoms with E-state index in [4.69, 9.17) is 0 Å². The molecule has 0 aliphatic carbocycles. The average Bonchev–Trinajstić information content (AvgIpc) is 2.37. The summed E-state index contributed by atoms with van der Waals surface area (Å²) >= 11 is 0. The molecule has 1 aromatic carbocycles. The van der Waals surface area contributed by atoms with Crippen molar-refractivity contribution in [2.45, 2.75) is 32.4 Å². The Bertz CT molecular complexity index is 445. The second kappa shape index (κ2) is 4.84. The Morgan fingerprint density at radius 1 is 1.59 bits per heavy atom. The number of esters is 1. The minimum absolute atomic E-state index is 0.278. The number of rotatable bonds is 2. The van der Waals surface area contributed by atoms with Gasteiger partial charge in [-0.15, -0.1) is 0 Å². The van der Waals surface area contributed by atoms with Crippen molar-refractivity contribution < 1.29 is 13.9 Å². The van der Waals surface area contributed by atoms with Gasteiger partial charge in [-0.25, -0.2) is 9.18 Å². The fourth-order valence-corrected chi connectivity index (χ4v) is 2.18. The number of hydrogen-bond acceptors (Lipinski definition) is 3. The number of carbonyl (C=O) groups is 1. The van der Waals surface area contributed by atoms with Crippen LogP contribution in [-0.2, 0) is 17.7 Å². The normalized spacial score (nSPS) is 18.6. The molecule has 3 nitrogen and oxygen atoms in total. The molecule has 4 heteroatoms. The summed E-state index contributed by atoms with van der Waals surface area (Å²) in [4.78, 5) is 11.4. The summed E-state index contributed by atoms with van der Waals surface area (Å²) < 4.78 is 18.5. The van der Waals surface area contributed by atoms with Crippen LogP contribution in [0.1, 0.15) is 34.8 Å². The number of carbonyl (C=O) groups excluding carboxylic acids is 1. The van der Waals surface area contributed by atoms with E-state index in [9.17, 15) is 9.18 Å². The Morgan fingerprint density at radius 3 is 3.00 bits per heavy atom. The van der Waals surface area contributed by atoms with Crippen LogP contribution in [0, 0.1) is 5.82 Å². The number of methoxy groups -OCH3 is 1. The number of halogens is 1. The first kappa shape index (κ1) is 12.0. The highest BCUT2D eigenvalue weighted by Crippen LogP contribution is 2.23. The summed E-state index contributed by atoms with van der Waals surface area (Å²) in [5.41, 5.74) is 1.86. The number of fused-ring (bicyclic) bond motifs is 1. The van der Waals surface area contributed by atoms with Gasteiger partial charge in [-0.05, 0) is 36.1 Å². The van der Waals surface area contributed by atoms with Crippen molar-refractivity contribution in [2.75, 3.05) is 7.11 Å². The van der Waals surface area contributed by atoms with Crippen LogP contribution in [0.4, 0.5) is 4.39 Å². The van der Waals surface area contributed by atoms with Crippen molar-refractivity contribution in [2.24, 2.45) is 0 Å². The highest BCUT2D eigenvalue weighted by atomic mass is 19.1. The van der Waals surface area contributed by atoms with Gasteiger partial charge in [-0.2, -0.15) is 0 Å². The van der Waals surface area contributed by atoms with Crippen molar-refractivity contribution in [3.05, 3.63) is 34.6 Å².